The van der Waals surface area contributed by atoms with Gasteiger partial charge in [0.25, 0.3) is 11.8 Å². The van der Waals surface area contributed by atoms with Crippen LogP contribution in [0.5, 0.6) is 0 Å². The van der Waals surface area contributed by atoms with Crippen LogP contribution in [0.15, 0.2) is 52.4 Å². The summed E-state index contributed by atoms with van der Waals surface area (Å²) in [7, 11) is 0. The number of rotatable bonds is 5. The largest absolute Gasteiger partial charge is 0.463 e. The second-order valence-electron chi connectivity index (χ2n) is 4.13. The summed E-state index contributed by atoms with van der Waals surface area (Å²) in [5.41, 5.74) is 3.26. The van der Waals surface area contributed by atoms with Gasteiger partial charge >= 0.3 is 0 Å². The van der Waals surface area contributed by atoms with E-state index in [-0.39, 0.29) is 12.5 Å². The first-order valence-corrected chi connectivity index (χ1v) is 6.22. The van der Waals surface area contributed by atoms with Crippen LogP contribution >= 0.6 is 0 Å². The van der Waals surface area contributed by atoms with Crippen LogP contribution in [-0.4, -0.2) is 29.1 Å². The number of carbonyl (C=O) groups excluding carboxylic acids is 2. The lowest BCUT2D eigenvalue weighted by Gasteiger charge is -2.04. The number of nitrogens with one attached hydrogen (secondary N) is 2. The predicted molar refractivity (Wildman–Crippen MR) is 75.6 cm³/mol. The maximum absolute atomic E-state index is 11.7. The molecule has 2 aromatic heterocycles. The zero-order valence-corrected chi connectivity index (χ0v) is 11.4. The monoisotopic (exact) mass is 286 g/mol. The molecule has 2 N–H and O–H groups in total. The third kappa shape index (κ3) is 4.27. The van der Waals surface area contributed by atoms with Crippen LogP contribution in [0.1, 0.15) is 23.0 Å². The van der Waals surface area contributed by atoms with Gasteiger partial charge in [0.15, 0.2) is 0 Å². The van der Waals surface area contributed by atoms with Crippen molar-refractivity contribution < 1.29 is 14.0 Å². The molecule has 2 heterocycles. The fourth-order valence-corrected chi connectivity index (χ4v) is 1.48. The summed E-state index contributed by atoms with van der Waals surface area (Å²) in [6, 6.07) is 6.71. The molecule has 0 radical (unpaired) electrons. The molecule has 2 rings (SSSR count). The van der Waals surface area contributed by atoms with Crippen molar-refractivity contribution in [3.8, 4) is 0 Å². The van der Waals surface area contributed by atoms with Crippen LogP contribution in [0, 0.1) is 0 Å². The molecule has 0 saturated heterocycles. The molecular weight excluding hydrogens is 272 g/mol. The number of hydrogen-bond acceptors (Lipinski definition) is 5. The fraction of sp³-hybridized carbons (Fsp3) is 0.143. The number of carbonyl (C=O) groups is 2. The van der Waals surface area contributed by atoms with Crippen molar-refractivity contribution in [2.24, 2.45) is 5.10 Å². The third-order valence-corrected chi connectivity index (χ3v) is 2.56. The first kappa shape index (κ1) is 14.4. The first-order chi connectivity index (χ1) is 10.2. The Morgan fingerprint density at radius 2 is 2.19 bits per heavy atom. The van der Waals surface area contributed by atoms with E-state index in [0.717, 1.165) is 0 Å². The highest BCUT2D eigenvalue weighted by Gasteiger charge is 2.07. The number of hydrogen-bond donors (Lipinski definition) is 2. The highest BCUT2D eigenvalue weighted by Crippen LogP contribution is 2.00. The van der Waals surface area contributed by atoms with Crippen LogP contribution in [0.3, 0.4) is 0 Å². The highest BCUT2D eigenvalue weighted by atomic mass is 16.3. The van der Waals surface area contributed by atoms with Gasteiger partial charge < -0.3 is 9.73 Å². The molecule has 0 bridgehead atoms. The Hall–Kier alpha value is -2.96. The van der Waals surface area contributed by atoms with E-state index in [2.05, 4.69) is 20.8 Å². The van der Waals surface area contributed by atoms with Gasteiger partial charge in [0.1, 0.15) is 11.5 Å². The quantitative estimate of drug-likeness (QED) is 0.631. The molecule has 0 aliphatic carbocycles. The molecule has 0 spiro atoms. The van der Waals surface area contributed by atoms with Crippen LogP contribution in [0.25, 0.3) is 0 Å². The van der Waals surface area contributed by atoms with Gasteiger partial charge in [-0.25, -0.2) is 5.43 Å². The minimum Gasteiger partial charge on any atom is -0.463 e. The van der Waals surface area contributed by atoms with Crippen molar-refractivity contribution in [1.29, 1.82) is 0 Å². The van der Waals surface area contributed by atoms with Crippen molar-refractivity contribution in [3.05, 3.63) is 54.2 Å². The van der Waals surface area contributed by atoms with E-state index in [4.69, 9.17) is 4.42 Å². The number of aromatic nitrogens is 1. The van der Waals surface area contributed by atoms with Crippen LogP contribution in [-0.2, 0) is 4.79 Å². The van der Waals surface area contributed by atoms with E-state index in [9.17, 15) is 9.59 Å². The molecule has 0 aromatic carbocycles. The lowest BCUT2D eigenvalue weighted by molar-refractivity contribution is -0.120. The van der Waals surface area contributed by atoms with Gasteiger partial charge in [-0.2, -0.15) is 5.10 Å². The van der Waals surface area contributed by atoms with Gasteiger partial charge in [-0.1, -0.05) is 0 Å². The maximum Gasteiger partial charge on any atom is 0.259 e. The molecule has 0 unspecified atom stereocenters. The van der Waals surface area contributed by atoms with Crippen molar-refractivity contribution in [1.82, 2.24) is 15.7 Å². The Balaban J connectivity index is 1.80. The predicted octanol–water partition coefficient (Wildman–Crippen LogP) is 0.945. The number of pyridine rings is 1. The molecule has 21 heavy (non-hydrogen) atoms. The molecule has 0 atom stereocenters. The van der Waals surface area contributed by atoms with Gasteiger partial charge in [-0.3, -0.25) is 14.6 Å². The average molecular weight is 286 g/mol. The molecule has 0 aliphatic rings. The van der Waals surface area contributed by atoms with E-state index in [0.29, 0.717) is 17.0 Å². The van der Waals surface area contributed by atoms with E-state index in [1.54, 1.807) is 37.4 Å². The maximum atomic E-state index is 11.7. The third-order valence-electron chi connectivity index (χ3n) is 2.56. The summed E-state index contributed by atoms with van der Waals surface area (Å²) < 4.78 is 5.12. The summed E-state index contributed by atoms with van der Waals surface area (Å²) in [4.78, 5) is 27.1. The van der Waals surface area contributed by atoms with E-state index in [1.807, 2.05) is 0 Å². The van der Waals surface area contributed by atoms with E-state index < -0.39 is 5.91 Å². The molecule has 2 amide bonds. The Kier molecular flexibility index (Phi) is 4.81. The molecule has 108 valence electrons. The zero-order valence-electron chi connectivity index (χ0n) is 11.4. The average Bonchev–Trinajstić information content (AvgIpc) is 3.05. The first-order valence-electron chi connectivity index (χ1n) is 6.22. The van der Waals surface area contributed by atoms with Crippen molar-refractivity contribution in [3.63, 3.8) is 0 Å². The van der Waals surface area contributed by atoms with Crippen LogP contribution < -0.4 is 10.7 Å². The molecule has 0 fully saturated rings. The normalized spacial score (nSPS) is 11.0. The van der Waals surface area contributed by atoms with Crippen LogP contribution in [0.2, 0.25) is 0 Å². The van der Waals surface area contributed by atoms with Gasteiger partial charge in [0.05, 0.1) is 18.4 Å². The molecule has 2 aromatic rings. The smallest absolute Gasteiger partial charge is 0.259 e. The molecule has 7 heteroatoms. The SMILES string of the molecule is C/C(=N/NC(=O)CNC(=O)c1cccnc1)c1ccco1. The zero-order chi connectivity index (χ0) is 15.1. The Morgan fingerprint density at radius 1 is 1.33 bits per heavy atom. The second-order valence-corrected chi connectivity index (χ2v) is 4.13. The van der Waals surface area contributed by atoms with Crippen molar-refractivity contribution in [2.45, 2.75) is 6.92 Å². The van der Waals surface area contributed by atoms with Gasteiger partial charge in [0.2, 0.25) is 0 Å². The van der Waals surface area contributed by atoms with E-state index in [1.165, 1.54) is 12.5 Å². The highest BCUT2D eigenvalue weighted by molar-refractivity contribution is 5.98. The van der Waals surface area contributed by atoms with Gasteiger partial charge in [-0.15, -0.1) is 0 Å². The van der Waals surface area contributed by atoms with Gasteiger partial charge in [0, 0.05) is 12.4 Å². The van der Waals surface area contributed by atoms with Crippen molar-refractivity contribution in [2.75, 3.05) is 6.54 Å². The number of amides is 2. The van der Waals surface area contributed by atoms with E-state index >= 15 is 0 Å². The Morgan fingerprint density at radius 3 is 2.86 bits per heavy atom. The summed E-state index contributed by atoms with van der Waals surface area (Å²) in [6.45, 7) is 1.52. The van der Waals surface area contributed by atoms with Gasteiger partial charge in [-0.05, 0) is 31.2 Å². The lowest BCUT2D eigenvalue weighted by atomic mass is 10.3. The molecular formula is C14H14N4O3. The second kappa shape index (κ2) is 6.99. The summed E-state index contributed by atoms with van der Waals surface area (Å²) in [6.07, 6.45) is 4.51. The number of hydrazone groups is 1. The summed E-state index contributed by atoms with van der Waals surface area (Å²) in [5.74, 6) is -0.238. The van der Waals surface area contributed by atoms with Crippen LogP contribution in [0.4, 0.5) is 0 Å². The number of nitrogens with zero attached hydrogens (tertiary/aromatic N) is 2. The molecule has 7 nitrogen and oxygen atoms in total. The molecule has 0 saturated carbocycles. The minimum atomic E-state index is -0.432. The Labute approximate surface area is 121 Å². The minimum absolute atomic E-state index is 0.178. The lowest BCUT2D eigenvalue weighted by Crippen LogP contribution is -2.35. The molecule has 0 aliphatic heterocycles. The standard InChI is InChI=1S/C14H14N4O3/c1-10(12-5-3-7-21-12)17-18-13(19)9-16-14(20)11-4-2-6-15-8-11/h2-8H,9H2,1H3,(H,16,20)(H,18,19)/b17-10-. The van der Waals surface area contributed by atoms with Crippen molar-refractivity contribution >= 4 is 17.5 Å². The Bertz CT molecular complexity index is 636. The summed E-state index contributed by atoms with van der Waals surface area (Å²) >= 11 is 0. The number of furan rings is 1. The fourth-order valence-electron chi connectivity index (χ4n) is 1.48. The summed E-state index contributed by atoms with van der Waals surface area (Å²) in [5, 5.41) is 6.35. The topological polar surface area (TPSA) is 96.6 Å².